The summed E-state index contributed by atoms with van der Waals surface area (Å²) in [6.07, 6.45) is 1.22. The largest absolute Gasteiger partial charge is 0.488 e. The van der Waals surface area contributed by atoms with Crippen molar-refractivity contribution < 1.29 is 4.74 Å². The second-order valence-corrected chi connectivity index (χ2v) is 4.41. The zero-order valence-corrected chi connectivity index (χ0v) is 10.1. The van der Waals surface area contributed by atoms with Gasteiger partial charge in [-0.2, -0.15) is 0 Å². The van der Waals surface area contributed by atoms with Gasteiger partial charge in [0, 0.05) is 10.6 Å². The molecule has 0 saturated heterocycles. The van der Waals surface area contributed by atoms with Crippen LogP contribution in [0.1, 0.15) is 30.5 Å². The molecule has 0 saturated carbocycles. The summed E-state index contributed by atoms with van der Waals surface area (Å²) < 4.78 is 5.92. The Morgan fingerprint density at radius 3 is 2.80 bits per heavy atom. The van der Waals surface area contributed by atoms with Gasteiger partial charge in [0.05, 0.1) is 6.04 Å². The van der Waals surface area contributed by atoms with Gasteiger partial charge in [-0.05, 0) is 38.1 Å². The van der Waals surface area contributed by atoms with Crippen molar-refractivity contribution in [3.8, 4) is 5.75 Å². The van der Waals surface area contributed by atoms with E-state index in [1.54, 1.807) is 0 Å². The van der Waals surface area contributed by atoms with Crippen molar-refractivity contribution in [1.29, 1.82) is 0 Å². The van der Waals surface area contributed by atoms with Gasteiger partial charge in [0.15, 0.2) is 0 Å². The highest BCUT2D eigenvalue weighted by Gasteiger charge is 2.33. The number of likely N-dealkylation sites (N-methyl/N-ethyl adjacent to an activating group) is 1. The van der Waals surface area contributed by atoms with Crippen molar-refractivity contribution in [2.75, 3.05) is 7.05 Å². The molecule has 3 heteroatoms. The third-order valence-electron chi connectivity index (χ3n) is 2.96. The van der Waals surface area contributed by atoms with Crippen molar-refractivity contribution in [1.82, 2.24) is 5.32 Å². The molecule has 1 heterocycles. The lowest BCUT2D eigenvalue weighted by atomic mass is 10.0. The van der Waals surface area contributed by atoms with Gasteiger partial charge in [-0.15, -0.1) is 0 Å². The Bertz CT molecular complexity index is 378. The van der Waals surface area contributed by atoms with Crippen LogP contribution in [-0.4, -0.2) is 13.2 Å². The first-order chi connectivity index (χ1) is 7.17. The van der Waals surface area contributed by atoms with Crippen LogP contribution in [0.15, 0.2) is 12.1 Å². The number of benzene rings is 1. The summed E-state index contributed by atoms with van der Waals surface area (Å²) in [6, 6.07) is 4.22. The normalized spacial score (nSPS) is 23.7. The van der Waals surface area contributed by atoms with E-state index in [0.717, 1.165) is 22.8 Å². The summed E-state index contributed by atoms with van der Waals surface area (Å²) in [7, 11) is 1.96. The van der Waals surface area contributed by atoms with Gasteiger partial charge >= 0.3 is 0 Å². The molecule has 2 unspecified atom stereocenters. The van der Waals surface area contributed by atoms with Crippen LogP contribution >= 0.6 is 11.6 Å². The number of aryl methyl sites for hydroxylation is 1. The van der Waals surface area contributed by atoms with Crippen LogP contribution in [0.25, 0.3) is 0 Å². The lowest BCUT2D eigenvalue weighted by molar-refractivity contribution is 0.188. The first-order valence-corrected chi connectivity index (χ1v) is 5.69. The summed E-state index contributed by atoms with van der Waals surface area (Å²) in [4.78, 5) is 0. The van der Waals surface area contributed by atoms with Crippen LogP contribution in [0, 0.1) is 6.92 Å². The number of hydrogen-bond acceptors (Lipinski definition) is 2. The molecule has 0 aromatic heterocycles. The summed E-state index contributed by atoms with van der Waals surface area (Å²) >= 11 is 6.06. The second-order valence-electron chi connectivity index (χ2n) is 3.97. The summed E-state index contributed by atoms with van der Waals surface area (Å²) in [5, 5.41) is 4.08. The highest BCUT2D eigenvalue weighted by Crippen LogP contribution is 2.41. The zero-order valence-electron chi connectivity index (χ0n) is 9.30. The van der Waals surface area contributed by atoms with Crippen LogP contribution in [0.2, 0.25) is 5.02 Å². The predicted octanol–water partition coefficient (Wildman–Crippen LogP) is 3.08. The van der Waals surface area contributed by atoms with Crippen LogP contribution in [0.4, 0.5) is 0 Å². The molecule has 0 fully saturated rings. The first-order valence-electron chi connectivity index (χ1n) is 5.31. The van der Waals surface area contributed by atoms with Gasteiger partial charge in [0.1, 0.15) is 11.9 Å². The minimum atomic E-state index is 0.224. The molecule has 15 heavy (non-hydrogen) atoms. The monoisotopic (exact) mass is 225 g/mol. The molecule has 0 radical (unpaired) electrons. The number of hydrogen-bond donors (Lipinski definition) is 1. The maximum atomic E-state index is 6.06. The molecule has 0 aliphatic carbocycles. The van der Waals surface area contributed by atoms with Crippen LogP contribution < -0.4 is 10.1 Å². The van der Waals surface area contributed by atoms with Crippen molar-refractivity contribution >= 4 is 11.6 Å². The van der Waals surface area contributed by atoms with E-state index in [2.05, 4.69) is 12.2 Å². The molecule has 1 aromatic carbocycles. The van der Waals surface area contributed by atoms with Crippen molar-refractivity contribution in [3.05, 3.63) is 28.3 Å². The van der Waals surface area contributed by atoms with E-state index in [1.807, 2.05) is 26.1 Å². The smallest absolute Gasteiger partial charge is 0.127 e. The Hall–Kier alpha value is -0.730. The number of halogens is 1. The summed E-state index contributed by atoms with van der Waals surface area (Å²) in [5.74, 6) is 1.01. The fourth-order valence-corrected chi connectivity index (χ4v) is 2.51. The fraction of sp³-hybridized carbons (Fsp3) is 0.500. The van der Waals surface area contributed by atoms with E-state index in [9.17, 15) is 0 Å². The fourth-order valence-electron chi connectivity index (χ4n) is 2.23. The molecular formula is C12H16ClNO. The van der Waals surface area contributed by atoms with Crippen LogP contribution in [0.5, 0.6) is 5.75 Å². The molecule has 0 amide bonds. The number of ether oxygens (including phenoxy) is 1. The number of fused-ring (bicyclic) bond motifs is 1. The van der Waals surface area contributed by atoms with E-state index < -0.39 is 0 Å². The van der Waals surface area contributed by atoms with Crippen LogP contribution in [-0.2, 0) is 0 Å². The van der Waals surface area contributed by atoms with Gasteiger partial charge in [-0.25, -0.2) is 0 Å². The second kappa shape index (κ2) is 4.03. The van der Waals surface area contributed by atoms with E-state index in [-0.39, 0.29) is 12.1 Å². The van der Waals surface area contributed by atoms with E-state index in [1.165, 1.54) is 5.56 Å². The molecular weight excluding hydrogens is 210 g/mol. The topological polar surface area (TPSA) is 21.3 Å². The maximum Gasteiger partial charge on any atom is 0.127 e. The van der Waals surface area contributed by atoms with Crippen molar-refractivity contribution in [2.24, 2.45) is 0 Å². The highest BCUT2D eigenvalue weighted by atomic mass is 35.5. The summed E-state index contributed by atoms with van der Waals surface area (Å²) in [5.41, 5.74) is 2.31. The molecule has 1 aliphatic rings. The Balaban J connectivity index is 2.47. The molecule has 2 nitrogen and oxygen atoms in total. The van der Waals surface area contributed by atoms with Gasteiger partial charge < -0.3 is 10.1 Å². The van der Waals surface area contributed by atoms with Gasteiger partial charge in [0.25, 0.3) is 0 Å². The Labute approximate surface area is 95.6 Å². The average molecular weight is 226 g/mol. The van der Waals surface area contributed by atoms with E-state index in [4.69, 9.17) is 16.3 Å². The third kappa shape index (κ3) is 1.72. The Kier molecular flexibility index (Phi) is 2.89. The number of rotatable bonds is 2. The quantitative estimate of drug-likeness (QED) is 0.835. The molecule has 1 aromatic rings. The molecule has 2 rings (SSSR count). The first kappa shape index (κ1) is 10.8. The Morgan fingerprint density at radius 1 is 1.47 bits per heavy atom. The minimum absolute atomic E-state index is 0.224. The standard InChI is InChI=1S/C12H16ClNO/c1-4-10-11(14-3)9-6-8(13)5-7(2)12(9)15-10/h5-6,10-11,14H,4H2,1-3H3. The van der Waals surface area contributed by atoms with Crippen molar-refractivity contribution in [2.45, 2.75) is 32.4 Å². The Morgan fingerprint density at radius 2 is 2.20 bits per heavy atom. The summed E-state index contributed by atoms with van der Waals surface area (Å²) in [6.45, 7) is 4.17. The highest BCUT2D eigenvalue weighted by molar-refractivity contribution is 6.30. The molecule has 1 aliphatic heterocycles. The third-order valence-corrected chi connectivity index (χ3v) is 3.18. The zero-order chi connectivity index (χ0) is 11.0. The SMILES string of the molecule is CCC1Oc2c(C)cc(Cl)cc2C1NC. The van der Waals surface area contributed by atoms with Gasteiger partial charge in [-0.1, -0.05) is 18.5 Å². The number of nitrogens with one attached hydrogen (secondary N) is 1. The van der Waals surface area contributed by atoms with E-state index in [0.29, 0.717) is 0 Å². The van der Waals surface area contributed by atoms with E-state index >= 15 is 0 Å². The van der Waals surface area contributed by atoms with Gasteiger partial charge in [0.2, 0.25) is 0 Å². The molecule has 0 spiro atoms. The maximum absolute atomic E-state index is 6.06. The average Bonchev–Trinajstić information content (AvgIpc) is 2.55. The lowest BCUT2D eigenvalue weighted by Crippen LogP contribution is -2.27. The van der Waals surface area contributed by atoms with Crippen molar-refractivity contribution in [3.63, 3.8) is 0 Å². The minimum Gasteiger partial charge on any atom is -0.488 e. The molecule has 2 atom stereocenters. The van der Waals surface area contributed by atoms with Gasteiger partial charge in [-0.3, -0.25) is 0 Å². The molecule has 0 bridgehead atoms. The lowest BCUT2D eigenvalue weighted by Gasteiger charge is -2.16. The predicted molar refractivity (Wildman–Crippen MR) is 62.7 cm³/mol. The molecule has 82 valence electrons. The molecule has 1 N–H and O–H groups in total. The van der Waals surface area contributed by atoms with Crippen LogP contribution in [0.3, 0.4) is 0 Å².